The molecule has 0 radical (unpaired) electrons. The number of thioether (sulfide) groups is 1. The van der Waals surface area contributed by atoms with Crippen LogP contribution in [0.25, 0.3) is 0 Å². The molecular formula is C14H24N2S2. The van der Waals surface area contributed by atoms with Crippen molar-refractivity contribution in [2.45, 2.75) is 64.3 Å². The van der Waals surface area contributed by atoms with Crippen molar-refractivity contribution < 1.29 is 0 Å². The normalized spacial score (nSPS) is 25.6. The minimum absolute atomic E-state index is 0.387. The van der Waals surface area contributed by atoms with Gasteiger partial charge in [-0.1, -0.05) is 13.3 Å². The van der Waals surface area contributed by atoms with Gasteiger partial charge in [-0.25, -0.2) is 4.98 Å². The fourth-order valence-corrected chi connectivity index (χ4v) is 5.00. The van der Waals surface area contributed by atoms with Crippen LogP contribution in [0.15, 0.2) is 0 Å². The highest BCUT2D eigenvalue weighted by Crippen LogP contribution is 2.32. The van der Waals surface area contributed by atoms with Crippen LogP contribution in [0, 0.1) is 13.8 Å². The van der Waals surface area contributed by atoms with Crippen LogP contribution >= 0.6 is 23.1 Å². The Morgan fingerprint density at radius 2 is 2.22 bits per heavy atom. The highest BCUT2D eigenvalue weighted by molar-refractivity contribution is 7.99. The SMILES string of the molecule is CCSC1CCCC1NC(C)c1nc(C)sc1C. The Labute approximate surface area is 119 Å². The molecule has 1 fully saturated rings. The second-order valence-electron chi connectivity index (χ2n) is 5.09. The Bertz CT molecular complexity index is 389. The van der Waals surface area contributed by atoms with Crippen molar-refractivity contribution in [3.8, 4) is 0 Å². The molecular weight excluding hydrogens is 260 g/mol. The van der Waals surface area contributed by atoms with E-state index in [1.807, 2.05) is 11.3 Å². The first kappa shape index (κ1) is 14.4. The van der Waals surface area contributed by atoms with E-state index in [9.17, 15) is 0 Å². The zero-order valence-electron chi connectivity index (χ0n) is 11.8. The molecule has 1 saturated carbocycles. The fourth-order valence-electron chi connectivity index (χ4n) is 2.88. The number of hydrogen-bond donors (Lipinski definition) is 1. The van der Waals surface area contributed by atoms with E-state index in [4.69, 9.17) is 0 Å². The zero-order valence-corrected chi connectivity index (χ0v) is 13.5. The van der Waals surface area contributed by atoms with E-state index in [0.717, 1.165) is 5.25 Å². The number of rotatable bonds is 5. The highest BCUT2D eigenvalue weighted by atomic mass is 32.2. The van der Waals surface area contributed by atoms with Crippen molar-refractivity contribution in [2.24, 2.45) is 0 Å². The maximum absolute atomic E-state index is 4.67. The summed E-state index contributed by atoms with van der Waals surface area (Å²) in [6, 6.07) is 1.06. The highest BCUT2D eigenvalue weighted by Gasteiger charge is 2.29. The maximum atomic E-state index is 4.67. The predicted octanol–water partition coefficient (Wildman–Crippen LogP) is 4.08. The van der Waals surface area contributed by atoms with Crippen LogP contribution in [0.1, 0.15) is 54.7 Å². The topological polar surface area (TPSA) is 24.9 Å². The van der Waals surface area contributed by atoms with E-state index >= 15 is 0 Å². The van der Waals surface area contributed by atoms with Gasteiger partial charge in [0.05, 0.1) is 10.7 Å². The molecule has 0 spiro atoms. The van der Waals surface area contributed by atoms with E-state index in [2.05, 4.69) is 49.8 Å². The lowest BCUT2D eigenvalue weighted by atomic mass is 10.1. The van der Waals surface area contributed by atoms with Crippen molar-refractivity contribution in [1.29, 1.82) is 0 Å². The molecule has 1 N–H and O–H groups in total. The van der Waals surface area contributed by atoms with Crippen LogP contribution in [-0.2, 0) is 0 Å². The summed E-state index contributed by atoms with van der Waals surface area (Å²) in [5.74, 6) is 1.23. The molecule has 1 aromatic rings. The Hall–Kier alpha value is -0.0600. The van der Waals surface area contributed by atoms with Gasteiger partial charge in [-0.05, 0) is 39.4 Å². The standard InChI is InChI=1S/C14H24N2S2/c1-5-17-13-8-6-7-12(13)15-9(2)14-10(3)18-11(4)16-14/h9,12-13,15H,5-8H2,1-4H3. The smallest absolute Gasteiger partial charge is 0.0900 e. The third kappa shape index (κ3) is 3.28. The van der Waals surface area contributed by atoms with Gasteiger partial charge in [0, 0.05) is 22.2 Å². The Balaban J connectivity index is 1.98. The predicted molar refractivity (Wildman–Crippen MR) is 82.7 cm³/mol. The molecule has 0 amide bonds. The lowest BCUT2D eigenvalue weighted by Gasteiger charge is -2.24. The maximum Gasteiger partial charge on any atom is 0.0900 e. The largest absolute Gasteiger partial charge is 0.305 e. The third-order valence-corrected chi connectivity index (χ3v) is 5.87. The van der Waals surface area contributed by atoms with Gasteiger partial charge in [-0.15, -0.1) is 11.3 Å². The van der Waals surface area contributed by atoms with Crippen LogP contribution in [0.3, 0.4) is 0 Å². The van der Waals surface area contributed by atoms with Crippen LogP contribution in [-0.4, -0.2) is 22.0 Å². The molecule has 1 aromatic heterocycles. The molecule has 0 aromatic carbocycles. The van der Waals surface area contributed by atoms with Crippen LogP contribution in [0.2, 0.25) is 0 Å². The first-order valence-corrected chi connectivity index (χ1v) is 8.80. The molecule has 102 valence electrons. The number of aromatic nitrogens is 1. The molecule has 2 nitrogen and oxygen atoms in total. The summed E-state index contributed by atoms with van der Waals surface area (Å²) in [5.41, 5.74) is 1.25. The van der Waals surface area contributed by atoms with Gasteiger partial charge in [0.15, 0.2) is 0 Å². The molecule has 0 aliphatic heterocycles. The summed E-state index contributed by atoms with van der Waals surface area (Å²) in [6.07, 6.45) is 4.07. The second kappa shape index (κ2) is 6.40. The van der Waals surface area contributed by atoms with Crippen LogP contribution < -0.4 is 5.32 Å². The summed E-state index contributed by atoms with van der Waals surface area (Å²) in [7, 11) is 0. The molecule has 3 atom stereocenters. The summed E-state index contributed by atoms with van der Waals surface area (Å²) in [4.78, 5) is 6.04. The molecule has 0 bridgehead atoms. The Morgan fingerprint density at radius 1 is 1.44 bits per heavy atom. The zero-order chi connectivity index (χ0) is 13.1. The average molecular weight is 284 g/mol. The van der Waals surface area contributed by atoms with Gasteiger partial charge in [0.25, 0.3) is 0 Å². The first-order chi connectivity index (χ1) is 8.61. The molecule has 2 rings (SSSR count). The molecule has 18 heavy (non-hydrogen) atoms. The monoisotopic (exact) mass is 284 g/mol. The lowest BCUT2D eigenvalue weighted by Crippen LogP contribution is -2.36. The van der Waals surface area contributed by atoms with Crippen molar-refractivity contribution in [2.75, 3.05) is 5.75 Å². The van der Waals surface area contributed by atoms with E-state index in [1.165, 1.54) is 40.6 Å². The lowest BCUT2D eigenvalue weighted by molar-refractivity contribution is 0.460. The van der Waals surface area contributed by atoms with Gasteiger partial charge in [-0.3, -0.25) is 0 Å². The van der Waals surface area contributed by atoms with Gasteiger partial charge in [-0.2, -0.15) is 11.8 Å². The second-order valence-corrected chi connectivity index (χ2v) is 8.02. The average Bonchev–Trinajstić information content (AvgIpc) is 2.87. The third-order valence-electron chi connectivity index (χ3n) is 3.65. The molecule has 0 saturated heterocycles. The summed E-state index contributed by atoms with van der Waals surface area (Å²) in [5, 5.41) is 5.79. The van der Waals surface area contributed by atoms with E-state index in [1.54, 1.807) is 0 Å². The van der Waals surface area contributed by atoms with Crippen molar-refractivity contribution in [3.05, 3.63) is 15.6 Å². The summed E-state index contributed by atoms with van der Waals surface area (Å²) >= 11 is 3.92. The minimum Gasteiger partial charge on any atom is -0.305 e. The number of nitrogens with one attached hydrogen (secondary N) is 1. The Morgan fingerprint density at radius 3 is 2.83 bits per heavy atom. The van der Waals surface area contributed by atoms with E-state index in [-0.39, 0.29) is 0 Å². The van der Waals surface area contributed by atoms with Crippen molar-refractivity contribution in [3.63, 3.8) is 0 Å². The number of nitrogens with zero attached hydrogens (tertiary/aromatic N) is 1. The summed E-state index contributed by atoms with van der Waals surface area (Å²) in [6.45, 7) is 8.80. The Kier molecular flexibility index (Phi) is 5.10. The number of hydrogen-bond acceptors (Lipinski definition) is 4. The molecule has 1 aliphatic carbocycles. The van der Waals surface area contributed by atoms with Gasteiger partial charge in [0.1, 0.15) is 0 Å². The molecule has 4 heteroatoms. The number of thiazole rings is 1. The minimum atomic E-state index is 0.387. The number of aryl methyl sites for hydroxylation is 2. The fraction of sp³-hybridized carbons (Fsp3) is 0.786. The summed E-state index contributed by atoms with van der Waals surface area (Å²) < 4.78 is 0. The van der Waals surface area contributed by atoms with Crippen molar-refractivity contribution >= 4 is 23.1 Å². The quantitative estimate of drug-likeness (QED) is 0.881. The van der Waals surface area contributed by atoms with E-state index < -0.39 is 0 Å². The van der Waals surface area contributed by atoms with Gasteiger partial charge >= 0.3 is 0 Å². The molecule has 3 unspecified atom stereocenters. The van der Waals surface area contributed by atoms with Crippen LogP contribution in [0.5, 0.6) is 0 Å². The van der Waals surface area contributed by atoms with E-state index in [0.29, 0.717) is 12.1 Å². The van der Waals surface area contributed by atoms with Gasteiger partial charge in [0.2, 0.25) is 0 Å². The van der Waals surface area contributed by atoms with Crippen molar-refractivity contribution in [1.82, 2.24) is 10.3 Å². The van der Waals surface area contributed by atoms with Crippen LogP contribution in [0.4, 0.5) is 0 Å². The first-order valence-electron chi connectivity index (χ1n) is 6.93. The molecule has 1 heterocycles. The molecule has 1 aliphatic rings. The van der Waals surface area contributed by atoms with Gasteiger partial charge < -0.3 is 5.32 Å².